The number of amides is 2. The number of carbonyl (C=O) groups is 3. The number of hydrogen-bond acceptors (Lipinski definition) is 5. The van der Waals surface area contributed by atoms with Gasteiger partial charge >= 0.3 is 12.1 Å². The van der Waals surface area contributed by atoms with Crippen LogP contribution in [0.1, 0.15) is 17.0 Å². The number of carboxylic acids is 1. The van der Waals surface area contributed by atoms with Crippen molar-refractivity contribution in [3.8, 4) is 11.1 Å². The highest BCUT2D eigenvalue weighted by Gasteiger charge is 2.28. The second-order valence-corrected chi connectivity index (χ2v) is 7.95. The van der Waals surface area contributed by atoms with E-state index in [4.69, 9.17) is 9.84 Å². The SMILES string of the molecule is O=C(O)CSCCNC(=O)/C=C/CNC(=O)OCC1c2ccccc2-c2ccccc21. The van der Waals surface area contributed by atoms with Gasteiger partial charge in [0.1, 0.15) is 6.61 Å². The lowest BCUT2D eigenvalue weighted by molar-refractivity contribution is -0.133. The average molecular weight is 441 g/mol. The molecule has 2 aromatic carbocycles. The van der Waals surface area contributed by atoms with E-state index in [1.165, 1.54) is 35.0 Å². The Morgan fingerprint density at radius 1 is 1.00 bits per heavy atom. The molecule has 2 amide bonds. The number of rotatable bonds is 10. The van der Waals surface area contributed by atoms with Crippen molar-refractivity contribution in [2.24, 2.45) is 0 Å². The van der Waals surface area contributed by atoms with Gasteiger partial charge in [0.15, 0.2) is 0 Å². The van der Waals surface area contributed by atoms with Crippen molar-refractivity contribution >= 4 is 29.7 Å². The van der Waals surface area contributed by atoms with Crippen LogP contribution in [-0.2, 0) is 14.3 Å². The maximum absolute atomic E-state index is 12.0. The minimum atomic E-state index is -0.879. The van der Waals surface area contributed by atoms with E-state index in [2.05, 4.69) is 34.9 Å². The van der Waals surface area contributed by atoms with E-state index >= 15 is 0 Å². The van der Waals surface area contributed by atoms with Crippen molar-refractivity contribution in [1.82, 2.24) is 10.6 Å². The fourth-order valence-corrected chi connectivity index (χ4v) is 3.99. The first kappa shape index (κ1) is 22.4. The molecule has 0 radical (unpaired) electrons. The number of hydrogen-bond donors (Lipinski definition) is 3. The van der Waals surface area contributed by atoms with E-state index in [0.717, 1.165) is 11.1 Å². The van der Waals surface area contributed by atoms with Gasteiger partial charge in [-0.2, -0.15) is 0 Å². The Labute approximate surface area is 184 Å². The topological polar surface area (TPSA) is 105 Å². The van der Waals surface area contributed by atoms with E-state index in [1.807, 2.05) is 24.3 Å². The Morgan fingerprint density at radius 2 is 1.65 bits per heavy atom. The summed E-state index contributed by atoms with van der Waals surface area (Å²) >= 11 is 1.23. The van der Waals surface area contributed by atoms with E-state index in [9.17, 15) is 14.4 Å². The molecule has 0 aromatic heterocycles. The van der Waals surface area contributed by atoms with Crippen molar-refractivity contribution < 1.29 is 24.2 Å². The summed E-state index contributed by atoms with van der Waals surface area (Å²) in [6.07, 6.45) is 2.31. The molecule has 31 heavy (non-hydrogen) atoms. The summed E-state index contributed by atoms with van der Waals surface area (Å²) in [5.41, 5.74) is 4.63. The summed E-state index contributed by atoms with van der Waals surface area (Å²) < 4.78 is 5.42. The third-order valence-electron chi connectivity index (χ3n) is 4.75. The predicted molar refractivity (Wildman–Crippen MR) is 120 cm³/mol. The summed E-state index contributed by atoms with van der Waals surface area (Å²) in [5, 5.41) is 13.8. The zero-order valence-corrected chi connectivity index (χ0v) is 17.7. The zero-order chi connectivity index (χ0) is 22.1. The number of ether oxygens (including phenoxy) is 1. The smallest absolute Gasteiger partial charge is 0.407 e. The Balaban J connectivity index is 1.39. The molecule has 162 valence electrons. The molecule has 0 unspecified atom stereocenters. The predicted octanol–water partition coefficient (Wildman–Crippen LogP) is 3.02. The number of nitrogens with one attached hydrogen (secondary N) is 2. The van der Waals surface area contributed by atoms with Gasteiger partial charge < -0.3 is 20.5 Å². The molecule has 3 N–H and O–H groups in total. The third kappa shape index (κ3) is 6.36. The van der Waals surface area contributed by atoms with Crippen LogP contribution in [0, 0.1) is 0 Å². The van der Waals surface area contributed by atoms with Crippen LogP contribution in [0.5, 0.6) is 0 Å². The molecule has 0 spiro atoms. The van der Waals surface area contributed by atoms with Gasteiger partial charge in [0.2, 0.25) is 5.91 Å². The molecule has 0 saturated carbocycles. The number of aliphatic carboxylic acids is 1. The van der Waals surface area contributed by atoms with E-state index < -0.39 is 12.1 Å². The maximum Gasteiger partial charge on any atom is 0.407 e. The standard InChI is InChI=1S/C23H24N2O5S/c26-21(24-12-13-31-15-22(27)28)10-5-11-25-23(29)30-14-20-18-8-3-1-6-16(18)17-7-2-4-9-19(17)20/h1-10,20H,11-15H2,(H,24,26)(H,25,29)(H,27,28)/b10-5+. The van der Waals surface area contributed by atoms with Gasteiger partial charge in [0.05, 0.1) is 5.75 Å². The number of benzene rings is 2. The molecular weight excluding hydrogens is 416 g/mol. The lowest BCUT2D eigenvalue weighted by Crippen LogP contribution is -2.27. The molecule has 3 rings (SSSR count). The molecule has 1 aliphatic rings. The summed E-state index contributed by atoms with van der Waals surface area (Å²) in [7, 11) is 0. The summed E-state index contributed by atoms with van der Waals surface area (Å²) in [6, 6.07) is 16.2. The monoisotopic (exact) mass is 440 g/mol. The van der Waals surface area contributed by atoms with Crippen molar-refractivity contribution in [2.45, 2.75) is 5.92 Å². The molecule has 0 atom stereocenters. The number of carboxylic acid groups (broad SMARTS) is 1. The first-order valence-corrected chi connectivity index (χ1v) is 11.0. The van der Waals surface area contributed by atoms with Gasteiger partial charge in [-0.05, 0) is 22.3 Å². The Morgan fingerprint density at radius 3 is 2.29 bits per heavy atom. The third-order valence-corrected chi connectivity index (χ3v) is 5.69. The lowest BCUT2D eigenvalue weighted by Gasteiger charge is -2.14. The highest BCUT2D eigenvalue weighted by molar-refractivity contribution is 7.99. The normalized spacial score (nSPS) is 12.3. The minimum Gasteiger partial charge on any atom is -0.481 e. The molecule has 0 bridgehead atoms. The number of thioether (sulfide) groups is 1. The van der Waals surface area contributed by atoms with E-state index in [1.54, 1.807) is 0 Å². The summed E-state index contributed by atoms with van der Waals surface area (Å²) in [5.74, 6) is -0.654. The van der Waals surface area contributed by atoms with Gasteiger partial charge in [0.25, 0.3) is 0 Å². The molecule has 0 aliphatic heterocycles. The van der Waals surface area contributed by atoms with Gasteiger partial charge in [-0.25, -0.2) is 4.79 Å². The van der Waals surface area contributed by atoms with Crippen LogP contribution in [0.25, 0.3) is 11.1 Å². The van der Waals surface area contributed by atoms with Gasteiger partial charge in [-0.15, -0.1) is 11.8 Å². The first-order chi connectivity index (χ1) is 15.1. The lowest BCUT2D eigenvalue weighted by atomic mass is 9.98. The quantitative estimate of drug-likeness (QED) is 0.388. The second-order valence-electron chi connectivity index (χ2n) is 6.85. The molecule has 0 heterocycles. The molecule has 2 aromatic rings. The van der Waals surface area contributed by atoms with Crippen LogP contribution in [-0.4, -0.2) is 54.3 Å². The van der Waals surface area contributed by atoms with Crippen molar-refractivity contribution in [2.75, 3.05) is 31.2 Å². The molecule has 1 aliphatic carbocycles. The van der Waals surface area contributed by atoms with Crippen molar-refractivity contribution in [3.05, 3.63) is 71.8 Å². The zero-order valence-electron chi connectivity index (χ0n) is 16.9. The fourth-order valence-electron chi connectivity index (χ4n) is 3.42. The molecule has 0 saturated heterocycles. The van der Waals surface area contributed by atoms with Crippen molar-refractivity contribution in [3.63, 3.8) is 0 Å². The van der Waals surface area contributed by atoms with Gasteiger partial charge in [-0.1, -0.05) is 54.6 Å². The largest absolute Gasteiger partial charge is 0.481 e. The van der Waals surface area contributed by atoms with Gasteiger partial charge in [0, 0.05) is 30.8 Å². The molecule has 0 fully saturated rings. The van der Waals surface area contributed by atoms with Gasteiger partial charge in [-0.3, -0.25) is 9.59 Å². The minimum absolute atomic E-state index is 0.00142. The van der Waals surface area contributed by atoms with Crippen LogP contribution >= 0.6 is 11.8 Å². The highest BCUT2D eigenvalue weighted by atomic mass is 32.2. The highest BCUT2D eigenvalue weighted by Crippen LogP contribution is 2.44. The first-order valence-electron chi connectivity index (χ1n) is 9.89. The average Bonchev–Trinajstić information content (AvgIpc) is 3.08. The molecule has 8 heteroatoms. The Hall–Kier alpha value is -3.26. The number of carbonyl (C=O) groups excluding carboxylic acids is 2. The summed E-state index contributed by atoms with van der Waals surface area (Å²) in [4.78, 5) is 34.1. The second kappa shape index (κ2) is 11.2. The van der Waals surface area contributed by atoms with Crippen LogP contribution in [0.3, 0.4) is 0 Å². The molecular formula is C23H24N2O5S. The number of fused-ring (bicyclic) bond motifs is 3. The van der Waals surface area contributed by atoms with Crippen LogP contribution < -0.4 is 10.6 Å². The van der Waals surface area contributed by atoms with E-state index in [-0.39, 0.29) is 30.7 Å². The summed E-state index contributed by atoms with van der Waals surface area (Å²) in [6.45, 7) is 0.775. The van der Waals surface area contributed by atoms with E-state index in [0.29, 0.717) is 12.3 Å². The van der Waals surface area contributed by atoms with Crippen LogP contribution in [0.4, 0.5) is 4.79 Å². The van der Waals surface area contributed by atoms with Crippen LogP contribution in [0.15, 0.2) is 60.7 Å². The maximum atomic E-state index is 12.0. The van der Waals surface area contributed by atoms with Crippen LogP contribution in [0.2, 0.25) is 0 Å². The number of alkyl carbamates (subject to hydrolysis) is 1. The fraction of sp³-hybridized carbons (Fsp3) is 0.261. The van der Waals surface area contributed by atoms with Crippen molar-refractivity contribution in [1.29, 1.82) is 0 Å². The Kier molecular flexibility index (Phi) is 8.12. The molecule has 7 nitrogen and oxygen atoms in total. The Bertz CT molecular complexity index is 930.